The zero-order chi connectivity index (χ0) is 18.7. The molecule has 0 unspecified atom stereocenters. The van der Waals surface area contributed by atoms with E-state index in [1.54, 1.807) is 18.1 Å². The van der Waals surface area contributed by atoms with Gasteiger partial charge in [-0.15, -0.1) is 0 Å². The van der Waals surface area contributed by atoms with Gasteiger partial charge in [0.2, 0.25) is 0 Å². The summed E-state index contributed by atoms with van der Waals surface area (Å²) in [6.07, 6.45) is 4.53. The summed E-state index contributed by atoms with van der Waals surface area (Å²) in [4.78, 5) is 22.1. The van der Waals surface area contributed by atoms with Crippen molar-refractivity contribution in [2.45, 2.75) is 26.9 Å². The van der Waals surface area contributed by atoms with Gasteiger partial charge in [-0.3, -0.25) is 14.5 Å². The maximum atomic E-state index is 12.5. The lowest BCUT2D eigenvalue weighted by Gasteiger charge is -2.17. The van der Waals surface area contributed by atoms with Crippen molar-refractivity contribution in [1.82, 2.24) is 24.6 Å². The van der Waals surface area contributed by atoms with Crippen molar-refractivity contribution in [3.05, 3.63) is 76.1 Å². The minimum absolute atomic E-state index is 0.171. The number of nitrogens with zero attached hydrogens (tertiary/aromatic N) is 5. The Hall–Kier alpha value is -2.73. The number of aryl methyl sites for hydroxylation is 1. The molecular weight excluding hydrogens is 350 g/mol. The molecular formula is C19H20ClN5O. The summed E-state index contributed by atoms with van der Waals surface area (Å²) in [5.41, 5.74) is 4.27. The summed E-state index contributed by atoms with van der Waals surface area (Å²) in [6, 6.07) is 7.73. The van der Waals surface area contributed by atoms with E-state index in [1.807, 2.05) is 42.8 Å². The first-order valence-electron chi connectivity index (χ1n) is 8.25. The highest BCUT2D eigenvalue weighted by Crippen LogP contribution is 2.20. The van der Waals surface area contributed by atoms with E-state index >= 15 is 0 Å². The van der Waals surface area contributed by atoms with Gasteiger partial charge in [0.15, 0.2) is 0 Å². The summed E-state index contributed by atoms with van der Waals surface area (Å²) >= 11 is 6.26. The first kappa shape index (κ1) is 18.1. The largest absolute Gasteiger partial charge is 0.336 e. The van der Waals surface area contributed by atoms with Crippen molar-refractivity contribution in [2.24, 2.45) is 0 Å². The molecule has 0 saturated heterocycles. The van der Waals surface area contributed by atoms with Crippen molar-refractivity contribution in [2.75, 3.05) is 7.05 Å². The minimum atomic E-state index is -0.171. The van der Waals surface area contributed by atoms with Crippen LogP contribution in [0.4, 0.5) is 0 Å². The maximum Gasteiger partial charge on any atom is 0.274 e. The Labute approximate surface area is 157 Å². The molecule has 3 aromatic rings. The average Bonchev–Trinajstić information content (AvgIpc) is 2.91. The molecule has 7 heteroatoms. The smallest absolute Gasteiger partial charge is 0.274 e. The molecule has 0 radical (unpaired) electrons. The third-order valence-corrected chi connectivity index (χ3v) is 4.70. The molecule has 0 aliphatic heterocycles. The van der Waals surface area contributed by atoms with Gasteiger partial charge in [-0.2, -0.15) is 5.10 Å². The second-order valence-electron chi connectivity index (χ2n) is 6.15. The fraction of sp³-hybridized carbons (Fsp3) is 0.263. The normalized spacial score (nSPS) is 10.8. The Morgan fingerprint density at radius 1 is 1.23 bits per heavy atom. The predicted molar refractivity (Wildman–Crippen MR) is 100 cm³/mol. The summed E-state index contributed by atoms with van der Waals surface area (Å²) in [5.74, 6) is -0.171. The third-order valence-electron chi connectivity index (χ3n) is 4.33. The van der Waals surface area contributed by atoms with Crippen molar-refractivity contribution in [3.8, 4) is 0 Å². The second-order valence-corrected chi connectivity index (χ2v) is 6.56. The molecule has 0 saturated carbocycles. The Morgan fingerprint density at radius 2 is 2.00 bits per heavy atom. The molecule has 1 amide bonds. The highest BCUT2D eigenvalue weighted by Gasteiger charge is 2.18. The molecule has 0 bridgehead atoms. The number of carbonyl (C=O) groups is 1. The Bertz CT molecular complexity index is 923. The van der Waals surface area contributed by atoms with Crippen LogP contribution in [0.5, 0.6) is 0 Å². The molecule has 3 rings (SSSR count). The van der Waals surface area contributed by atoms with E-state index in [0.717, 1.165) is 27.5 Å². The van der Waals surface area contributed by atoms with Crippen LogP contribution < -0.4 is 0 Å². The number of aromatic nitrogens is 4. The maximum absolute atomic E-state index is 12.5. The van der Waals surface area contributed by atoms with Crippen molar-refractivity contribution < 1.29 is 4.79 Å². The lowest BCUT2D eigenvalue weighted by Crippen LogP contribution is -2.27. The van der Waals surface area contributed by atoms with Crippen molar-refractivity contribution in [3.63, 3.8) is 0 Å². The van der Waals surface area contributed by atoms with Crippen LogP contribution in [0.1, 0.15) is 33.0 Å². The van der Waals surface area contributed by atoms with E-state index in [4.69, 9.17) is 11.6 Å². The Balaban J connectivity index is 1.80. The molecule has 0 N–H and O–H groups in total. The van der Waals surface area contributed by atoms with Crippen molar-refractivity contribution in [1.29, 1.82) is 0 Å². The summed E-state index contributed by atoms with van der Waals surface area (Å²) in [7, 11) is 1.75. The van der Waals surface area contributed by atoms with Gasteiger partial charge in [-0.25, -0.2) is 4.98 Å². The van der Waals surface area contributed by atoms with Crippen LogP contribution in [-0.4, -0.2) is 37.6 Å². The second kappa shape index (κ2) is 7.66. The average molecular weight is 370 g/mol. The van der Waals surface area contributed by atoms with E-state index in [2.05, 4.69) is 15.1 Å². The number of hydrogen-bond donors (Lipinski definition) is 0. The molecule has 134 valence electrons. The topological polar surface area (TPSA) is 63.9 Å². The third kappa shape index (κ3) is 3.75. The number of halogens is 1. The summed E-state index contributed by atoms with van der Waals surface area (Å²) < 4.78 is 1.92. The Morgan fingerprint density at radius 3 is 2.69 bits per heavy atom. The van der Waals surface area contributed by atoms with Crippen LogP contribution in [0, 0.1) is 13.8 Å². The lowest BCUT2D eigenvalue weighted by molar-refractivity contribution is 0.0778. The number of benzene rings is 1. The monoisotopic (exact) mass is 369 g/mol. The van der Waals surface area contributed by atoms with E-state index < -0.39 is 0 Å². The zero-order valence-corrected chi connectivity index (χ0v) is 15.7. The van der Waals surface area contributed by atoms with Crippen LogP contribution in [0.3, 0.4) is 0 Å². The van der Waals surface area contributed by atoms with Crippen LogP contribution in [0.2, 0.25) is 5.02 Å². The molecule has 0 fully saturated rings. The van der Waals surface area contributed by atoms with Gasteiger partial charge >= 0.3 is 0 Å². The standard InChI is InChI=1S/C19H20ClN5O/c1-13-16(12-24(3)19(26)18-10-21-8-9-22-18)14(2)25(23-13)11-15-6-4-5-7-17(15)20/h4-10H,11-12H2,1-3H3. The number of rotatable bonds is 5. The van der Waals surface area contributed by atoms with Gasteiger partial charge in [0.05, 0.1) is 18.4 Å². The SMILES string of the molecule is Cc1nn(Cc2ccccc2Cl)c(C)c1CN(C)C(=O)c1cnccn1. The van der Waals surface area contributed by atoms with E-state index in [1.165, 1.54) is 12.4 Å². The van der Waals surface area contributed by atoms with Gasteiger partial charge in [0.25, 0.3) is 5.91 Å². The van der Waals surface area contributed by atoms with E-state index in [-0.39, 0.29) is 5.91 Å². The number of carbonyl (C=O) groups excluding carboxylic acids is 1. The van der Waals surface area contributed by atoms with Crippen LogP contribution in [0.25, 0.3) is 0 Å². The highest BCUT2D eigenvalue weighted by molar-refractivity contribution is 6.31. The van der Waals surface area contributed by atoms with E-state index in [9.17, 15) is 4.79 Å². The summed E-state index contributed by atoms with van der Waals surface area (Å²) in [5, 5.41) is 5.34. The quantitative estimate of drug-likeness (QED) is 0.692. The molecule has 2 aromatic heterocycles. The molecule has 6 nitrogen and oxygen atoms in total. The fourth-order valence-electron chi connectivity index (χ4n) is 2.82. The van der Waals surface area contributed by atoms with Crippen molar-refractivity contribution >= 4 is 17.5 Å². The first-order chi connectivity index (χ1) is 12.5. The molecule has 0 aliphatic rings. The van der Waals surface area contributed by atoms with Gasteiger partial charge in [0.1, 0.15) is 5.69 Å². The van der Waals surface area contributed by atoms with Crippen LogP contribution >= 0.6 is 11.6 Å². The molecule has 0 aliphatic carbocycles. The number of hydrogen-bond acceptors (Lipinski definition) is 4. The Kier molecular flexibility index (Phi) is 5.32. The molecule has 26 heavy (non-hydrogen) atoms. The fourth-order valence-corrected chi connectivity index (χ4v) is 3.01. The molecule has 0 spiro atoms. The van der Waals surface area contributed by atoms with Gasteiger partial charge in [0, 0.05) is 42.3 Å². The van der Waals surface area contributed by atoms with E-state index in [0.29, 0.717) is 18.8 Å². The molecule has 0 atom stereocenters. The number of amides is 1. The predicted octanol–water partition coefficient (Wildman–Crippen LogP) is 3.26. The van der Waals surface area contributed by atoms with Crippen LogP contribution in [0.15, 0.2) is 42.9 Å². The van der Waals surface area contributed by atoms with Gasteiger partial charge in [-0.05, 0) is 25.5 Å². The molecule has 2 heterocycles. The highest BCUT2D eigenvalue weighted by atomic mass is 35.5. The summed E-state index contributed by atoms with van der Waals surface area (Å²) in [6.45, 7) is 5.00. The zero-order valence-electron chi connectivity index (χ0n) is 15.0. The minimum Gasteiger partial charge on any atom is -0.336 e. The lowest BCUT2D eigenvalue weighted by atomic mass is 10.1. The van der Waals surface area contributed by atoms with Gasteiger partial charge < -0.3 is 4.90 Å². The van der Waals surface area contributed by atoms with Crippen LogP contribution in [-0.2, 0) is 13.1 Å². The van der Waals surface area contributed by atoms with Gasteiger partial charge in [-0.1, -0.05) is 29.8 Å². The first-order valence-corrected chi connectivity index (χ1v) is 8.63. The molecule has 1 aromatic carbocycles.